The molecule has 1 amide bonds. The van der Waals surface area contributed by atoms with Crippen molar-refractivity contribution < 1.29 is 4.79 Å². The Morgan fingerprint density at radius 3 is 2.63 bits per heavy atom. The molecule has 1 aromatic heterocycles. The minimum absolute atomic E-state index is 0.0450. The maximum atomic E-state index is 12.5. The molecule has 1 aromatic rings. The van der Waals surface area contributed by atoms with Gasteiger partial charge in [-0.05, 0) is 39.1 Å². The molecule has 1 aliphatic rings. The highest BCUT2D eigenvalue weighted by Crippen LogP contribution is 2.22. The molecule has 0 N–H and O–H groups in total. The van der Waals surface area contributed by atoms with Gasteiger partial charge in [-0.25, -0.2) is 4.98 Å². The number of aryl methyl sites for hydroxylation is 1. The lowest BCUT2D eigenvalue weighted by Crippen LogP contribution is -2.35. The second-order valence-electron chi connectivity index (χ2n) is 5.54. The first-order valence-electron chi connectivity index (χ1n) is 6.48. The second kappa shape index (κ2) is 5.47. The fourth-order valence-corrected chi connectivity index (χ4v) is 2.97. The van der Waals surface area contributed by atoms with Gasteiger partial charge >= 0.3 is 0 Å². The molecule has 2 rings (SSSR count). The normalized spacial score (nSPS) is 23.2. The molecule has 0 saturated carbocycles. The monoisotopic (exact) mass is 281 g/mol. The molecule has 2 heterocycles. The van der Waals surface area contributed by atoms with Gasteiger partial charge in [0.2, 0.25) is 0 Å². The summed E-state index contributed by atoms with van der Waals surface area (Å²) in [6, 6.07) is 3.86. The van der Waals surface area contributed by atoms with Crippen LogP contribution in [0, 0.1) is 12.8 Å². The lowest BCUT2D eigenvalue weighted by atomic mass is 10.1. The van der Waals surface area contributed by atoms with Gasteiger partial charge < -0.3 is 9.80 Å². The van der Waals surface area contributed by atoms with Crippen LogP contribution in [0.5, 0.6) is 0 Å². The van der Waals surface area contributed by atoms with E-state index >= 15 is 0 Å². The zero-order chi connectivity index (χ0) is 14.2. The largest absolute Gasteiger partial charge is 0.337 e. The standard InChI is InChI=1S/C14H20ClN3O/c1-9-7-18(8-12(9)17(3)4)14(19)11-5-10(2)16-13(15)6-11/h5-6,9,12H,7-8H2,1-4H3. The average Bonchev–Trinajstić information content (AvgIpc) is 2.69. The van der Waals surface area contributed by atoms with E-state index in [-0.39, 0.29) is 5.91 Å². The molecule has 0 aliphatic carbocycles. The van der Waals surface area contributed by atoms with Gasteiger partial charge in [0.1, 0.15) is 5.15 Å². The third-order valence-electron chi connectivity index (χ3n) is 3.69. The van der Waals surface area contributed by atoms with Gasteiger partial charge in [-0.15, -0.1) is 0 Å². The third kappa shape index (κ3) is 3.07. The van der Waals surface area contributed by atoms with Crippen molar-refractivity contribution in [2.75, 3.05) is 27.2 Å². The summed E-state index contributed by atoms with van der Waals surface area (Å²) in [6.07, 6.45) is 0. The van der Waals surface area contributed by atoms with E-state index in [9.17, 15) is 4.79 Å². The summed E-state index contributed by atoms with van der Waals surface area (Å²) >= 11 is 5.92. The predicted octanol–water partition coefficient (Wildman–Crippen LogP) is 2.07. The Hall–Kier alpha value is -1.13. The first-order chi connectivity index (χ1) is 8.88. The molecule has 0 aromatic carbocycles. The SMILES string of the molecule is Cc1cc(C(=O)N2CC(C)C(N(C)C)C2)cc(Cl)n1. The first kappa shape index (κ1) is 14.3. The van der Waals surface area contributed by atoms with Crippen molar-refractivity contribution in [3.63, 3.8) is 0 Å². The van der Waals surface area contributed by atoms with E-state index < -0.39 is 0 Å². The van der Waals surface area contributed by atoms with Gasteiger partial charge in [-0.2, -0.15) is 0 Å². The lowest BCUT2D eigenvalue weighted by Gasteiger charge is -2.22. The summed E-state index contributed by atoms with van der Waals surface area (Å²) in [4.78, 5) is 20.7. The molecule has 19 heavy (non-hydrogen) atoms. The number of rotatable bonds is 2. The Bertz CT molecular complexity index is 469. The summed E-state index contributed by atoms with van der Waals surface area (Å²) in [5, 5.41) is 0.375. The van der Waals surface area contributed by atoms with Crippen LogP contribution in [0.25, 0.3) is 0 Å². The molecule has 1 fully saturated rings. The minimum atomic E-state index is 0.0450. The smallest absolute Gasteiger partial charge is 0.254 e. The molecular weight excluding hydrogens is 262 g/mol. The van der Waals surface area contributed by atoms with E-state index in [1.54, 1.807) is 12.1 Å². The number of halogens is 1. The van der Waals surface area contributed by atoms with Crippen LogP contribution in [0.3, 0.4) is 0 Å². The van der Waals surface area contributed by atoms with Crippen molar-refractivity contribution >= 4 is 17.5 Å². The zero-order valence-corrected chi connectivity index (χ0v) is 12.6. The molecule has 1 saturated heterocycles. The molecule has 104 valence electrons. The van der Waals surface area contributed by atoms with Crippen LogP contribution in [0.4, 0.5) is 0 Å². The van der Waals surface area contributed by atoms with Crippen LogP contribution in [0.1, 0.15) is 23.0 Å². The molecule has 2 unspecified atom stereocenters. The van der Waals surface area contributed by atoms with Crippen LogP contribution >= 0.6 is 11.6 Å². The Morgan fingerprint density at radius 1 is 1.42 bits per heavy atom. The number of hydrogen-bond acceptors (Lipinski definition) is 3. The van der Waals surface area contributed by atoms with Crippen molar-refractivity contribution in [3.8, 4) is 0 Å². The van der Waals surface area contributed by atoms with Gasteiger partial charge in [0, 0.05) is 30.4 Å². The van der Waals surface area contributed by atoms with Crippen molar-refractivity contribution in [2.45, 2.75) is 19.9 Å². The van der Waals surface area contributed by atoms with Crippen LogP contribution < -0.4 is 0 Å². The van der Waals surface area contributed by atoms with Crippen molar-refractivity contribution in [1.29, 1.82) is 0 Å². The molecule has 2 atom stereocenters. The molecule has 0 bridgehead atoms. The quantitative estimate of drug-likeness (QED) is 0.779. The fraction of sp³-hybridized carbons (Fsp3) is 0.571. The van der Waals surface area contributed by atoms with Crippen LogP contribution in [0.2, 0.25) is 5.15 Å². The number of carbonyl (C=O) groups excluding carboxylic acids is 1. The van der Waals surface area contributed by atoms with E-state index in [2.05, 4.69) is 30.9 Å². The number of aromatic nitrogens is 1. The van der Waals surface area contributed by atoms with E-state index in [1.807, 2.05) is 11.8 Å². The maximum absolute atomic E-state index is 12.5. The highest BCUT2D eigenvalue weighted by atomic mass is 35.5. The van der Waals surface area contributed by atoms with Gasteiger partial charge in [0.05, 0.1) is 0 Å². The Balaban J connectivity index is 2.17. The van der Waals surface area contributed by atoms with E-state index in [0.29, 0.717) is 22.7 Å². The number of likely N-dealkylation sites (N-methyl/N-ethyl adjacent to an activating group) is 1. The van der Waals surface area contributed by atoms with Crippen molar-refractivity contribution in [1.82, 2.24) is 14.8 Å². The molecule has 5 heteroatoms. The Labute approximate surface area is 119 Å². The summed E-state index contributed by atoms with van der Waals surface area (Å²) in [6.45, 7) is 5.59. The fourth-order valence-electron chi connectivity index (χ4n) is 2.72. The van der Waals surface area contributed by atoms with Crippen LogP contribution in [0.15, 0.2) is 12.1 Å². The van der Waals surface area contributed by atoms with Crippen molar-refractivity contribution in [2.24, 2.45) is 5.92 Å². The molecular formula is C14H20ClN3O. The topological polar surface area (TPSA) is 36.4 Å². The summed E-state index contributed by atoms with van der Waals surface area (Å²) < 4.78 is 0. The average molecular weight is 282 g/mol. The summed E-state index contributed by atoms with van der Waals surface area (Å²) in [7, 11) is 4.12. The number of carbonyl (C=O) groups is 1. The van der Waals surface area contributed by atoms with Gasteiger partial charge in [-0.1, -0.05) is 18.5 Å². The number of hydrogen-bond donors (Lipinski definition) is 0. The van der Waals surface area contributed by atoms with E-state index in [1.165, 1.54) is 0 Å². The van der Waals surface area contributed by atoms with Gasteiger partial charge in [0.15, 0.2) is 0 Å². The third-order valence-corrected chi connectivity index (χ3v) is 3.89. The van der Waals surface area contributed by atoms with E-state index in [4.69, 9.17) is 11.6 Å². The summed E-state index contributed by atoms with van der Waals surface area (Å²) in [5.74, 6) is 0.529. The van der Waals surface area contributed by atoms with Crippen LogP contribution in [-0.2, 0) is 0 Å². The highest BCUT2D eigenvalue weighted by molar-refractivity contribution is 6.29. The Morgan fingerprint density at radius 2 is 2.11 bits per heavy atom. The molecule has 0 spiro atoms. The predicted molar refractivity (Wildman–Crippen MR) is 76.5 cm³/mol. The highest BCUT2D eigenvalue weighted by Gasteiger charge is 2.34. The number of pyridine rings is 1. The second-order valence-corrected chi connectivity index (χ2v) is 5.93. The number of likely N-dealkylation sites (tertiary alicyclic amines) is 1. The zero-order valence-electron chi connectivity index (χ0n) is 11.9. The molecule has 4 nitrogen and oxygen atoms in total. The molecule has 1 aliphatic heterocycles. The number of amides is 1. The minimum Gasteiger partial charge on any atom is -0.337 e. The first-order valence-corrected chi connectivity index (χ1v) is 6.86. The summed E-state index contributed by atoms with van der Waals surface area (Å²) in [5.41, 5.74) is 1.40. The number of nitrogens with zero attached hydrogens (tertiary/aromatic N) is 3. The van der Waals surface area contributed by atoms with Gasteiger partial charge in [0.25, 0.3) is 5.91 Å². The maximum Gasteiger partial charge on any atom is 0.254 e. The van der Waals surface area contributed by atoms with Crippen molar-refractivity contribution in [3.05, 3.63) is 28.5 Å². The lowest BCUT2D eigenvalue weighted by molar-refractivity contribution is 0.0781. The van der Waals surface area contributed by atoms with E-state index in [0.717, 1.165) is 18.8 Å². The molecule has 0 radical (unpaired) electrons. The van der Waals surface area contributed by atoms with Gasteiger partial charge in [-0.3, -0.25) is 4.79 Å². The van der Waals surface area contributed by atoms with Crippen LogP contribution in [-0.4, -0.2) is 53.9 Å². The Kier molecular flexibility index (Phi) is 4.11.